The lowest BCUT2D eigenvalue weighted by Crippen LogP contribution is -2.13. The zero-order valence-electron chi connectivity index (χ0n) is 11.6. The number of nitro benzene ring substituents is 1. The van der Waals surface area contributed by atoms with Crippen LogP contribution in [-0.4, -0.2) is 27.9 Å². The summed E-state index contributed by atoms with van der Waals surface area (Å²) in [6, 6.07) is 10.3. The first-order chi connectivity index (χ1) is 11.0. The Morgan fingerprint density at radius 3 is 2.61 bits per heavy atom. The maximum Gasteiger partial charge on any atom is 0.276 e. The van der Waals surface area contributed by atoms with Crippen molar-refractivity contribution >= 4 is 29.2 Å². The van der Waals surface area contributed by atoms with Crippen molar-refractivity contribution in [1.82, 2.24) is 0 Å². The Balaban J connectivity index is 1.91. The molecule has 0 aliphatic carbocycles. The van der Waals surface area contributed by atoms with Gasteiger partial charge in [-0.05, 0) is 35.9 Å². The number of nitrogens with zero attached hydrogens (tertiary/aromatic N) is 3. The first-order valence-electron chi connectivity index (χ1n) is 6.55. The molecule has 2 aromatic carbocycles. The predicted octanol–water partition coefficient (Wildman–Crippen LogP) is 2.08. The summed E-state index contributed by atoms with van der Waals surface area (Å²) in [7, 11) is 0. The van der Waals surface area contributed by atoms with Crippen molar-refractivity contribution in [2.45, 2.75) is 0 Å². The standard InChI is InChI=1S/C15H10N4O4/c20-11-4-1-9(2-5-11)8-16-18-14-12-7-10(19(22)23)3-6-13(12)17-15(14)21/h1-8,20H,(H,17,18,21). The Hall–Kier alpha value is -3.55. The number of hydrogen-bond acceptors (Lipinski definition) is 6. The predicted molar refractivity (Wildman–Crippen MR) is 84.0 cm³/mol. The van der Waals surface area contributed by atoms with Crippen LogP contribution in [0.3, 0.4) is 0 Å². The number of nitrogens with one attached hydrogen (secondary N) is 1. The highest BCUT2D eigenvalue weighted by atomic mass is 16.6. The van der Waals surface area contributed by atoms with Gasteiger partial charge in [-0.25, -0.2) is 0 Å². The minimum atomic E-state index is -0.541. The molecule has 1 aliphatic heterocycles. The molecule has 1 aliphatic rings. The van der Waals surface area contributed by atoms with Crippen LogP contribution >= 0.6 is 0 Å². The average Bonchev–Trinajstić information content (AvgIpc) is 2.84. The third-order valence-corrected chi connectivity index (χ3v) is 3.19. The smallest absolute Gasteiger partial charge is 0.276 e. The number of non-ortho nitro benzene ring substituents is 1. The van der Waals surface area contributed by atoms with Gasteiger partial charge in [-0.1, -0.05) is 0 Å². The number of phenols is 1. The Morgan fingerprint density at radius 1 is 1.17 bits per heavy atom. The molecule has 23 heavy (non-hydrogen) atoms. The molecular formula is C15H10N4O4. The van der Waals surface area contributed by atoms with E-state index in [1.807, 2.05) is 0 Å². The number of benzene rings is 2. The fraction of sp³-hybridized carbons (Fsp3) is 0. The molecule has 2 N–H and O–H groups in total. The quantitative estimate of drug-likeness (QED) is 0.512. The Morgan fingerprint density at radius 2 is 1.91 bits per heavy atom. The van der Waals surface area contributed by atoms with Crippen molar-refractivity contribution in [3.63, 3.8) is 0 Å². The second kappa shape index (κ2) is 5.68. The summed E-state index contributed by atoms with van der Waals surface area (Å²) in [4.78, 5) is 22.2. The van der Waals surface area contributed by atoms with E-state index >= 15 is 0 Å². The molecule has 0 bridgehead atoms. The molecule has 8 nitrogen and oxygen atoms in total. The molecule has 0 aromatic heterocycles. The van der Waals surface area contributed by atoms with Gasteiger partial charge in [0.2, 0.25) is 0 Å². The van der Waals surface area contributed by atoms with E-state index in [9.17, 15) is 20.0 Å². The van der Waals surface area contributed by atoms with Crippen LogP contribution in [0.15, 0.2) is 52.7 Å². The van der Waals surface area contributed by atoms with E-state index < -0.39 is 10.8 Å². The highest BCUT2D eigenvalue weighted by Gasteiger charge is 2.28. The fourth-order valence-electron chi connectivity index (χ4n) is 2.07. The molecule has 8 heteroatoms. The molecule has 1 amide bonds. The Labute approximate surface area is 129 Å². The van der Waals surface area contributed by atoms with Crippen LogP contribution in [0.1, 0.15) is 11.1 Å². The topological polar surface area (TPSA) is 117 Å². The van der Waals surface area contributed by atoms with Gasteiger partial charge in [0.05, 0.1) is 16.8 Å². The first kappa shape index (κ1) is 14.4. The molecule has 0 atom stereocenters. The zero-order valence-corrected chi connectivity index (χ0v) is 11.6. The highest BCUT2D eigenvalue weighted by molar-refractivity contribution is 6.53. The molecule has 0 unspecified atom stereocenters. The number of carbonyl (C=O) groups is 1. The number of fused-ring (bicyclic) bond motifs is 1. The summed E-state index contributed by atoms with van der Waals surface area (Å²) in [5, 5.41) is 30.3. The van der Waals surface area contributed by atoms with Crippen molar-refractivity contribution in [2.75, 3.05) is 5.32 Å². The number of aromatic hydroxyl groups is 1. The third kappa shape index (κ3) is 2.91. The van der Waals surface area contributed by atoms with Gasteiger partial charge in [-0.15, -0.1) is 5.10 Å². The summed E-state index contributed by atoms with van der Waals surface area (Å²) in [5.74, 6) is -0.340. The maximum atomic E-state index is 11.9. The molecule has 0 saturated heterocycles. The van der Waals surface area contributed by atoms with Crippen LogP contribution in [-0.2, 0) is 4.79 Å². The van der Waals surface area contributed by atoms with Gasteiger partial charge in [-0.3, -0.25) is 14.9 Å². The van der Waals surface area contributed by atoms with E-state index in [1.165, 1.54) is 36.5 Å². The van der Waals surface area contributed by atoms with Gasteiger partial charge in [0.1, 0.15) is 5.75 Å². The number of nitro groups is 1. The molecular weight excluding hydrogens is 300 g/mol. The lowest BCUT2D eigenvalue weighted by Gasteiger charge is -1.96. The Kier molecular flexibility index (Phi) is 3.55. The molecule has 3 rings (SSSR count). The molecule has 0 fully saturated rings. The van der Waals surface area contributed by atoms with E-state index in [4.69, 9.17) is 0 Å². The molecule has 1 heterocycles. The summed E-state index contributed by atoms with van der Waals surface area (Å²) in [5.41, 5.74) is 1.37. The Bertz CT molecular complexity index is 856. The number of anilines is 1. The number of phenolic OH excluding ortho intramolecular Hbond substituents is 1. The summed E-state index contributed by atoms with van der Waals surface area (Å²) in [6.45, 7) is 0. The minimum absolute atomic E-state index is 0.0127. The second-order valence-electron chi connectivity index (χ2n) is 4.73. The lowest BCUT2D eigenvalue weighted by atomic mass is 10.1. The number of hydrogen-bond donors (Lipinski definition) is 2. The summed E-state index contributed by atoms with van der Waals surface area (Å²) in [6.07, 6.45) is 1.41. The number of rotatable bonds is 3. The van der Waals surface area contributed by atoms with Crippen molar-refractivity contribution in [1.29, 1.82) is 0 Å². The van der Waals surface area contributed by atoms with Crippen molar-refractivity contribution in [3.8, 4) is 5.75 Å². The van der Waals surface area contributed by atoms with E-state index in [1.54, 1.807) is 12.1 Å². The van der Waals surface area contributed by atoms with Crippen LogP contribution in [0.4, 0.5) is 11.4 Å². The minimum Gasteiger partial charge on any atom is -0.508 e. The number of carbonyl (C=O) groups excluding carboxylic acids is 1. The van der Waals surface area contributed by atoms with Crippen LogP contribution in [0.25, 0.3) is 0 Å². The molecule has 2 aromatic rings. The molecule has 114 valence electrons. The van der Waals surface area contributed by atoms with Crippen molar-refractivity contribution < 1.29 is 14.8 Å². The van der Waals surface area contributed by atoms with Crippen LogP contribution < -0.4 is 5.32 Å². The average molecular weight is 310 g/mol. The van der Waals surface area contributed by atoms with Crippen LogP contribution in [0, 0.1) is 10.1 Å². The summed E-state index contributed by atoms with van der Waals surface area (Å²) >= 11 is 0. The molecule has 0 spiro atoms. The van der Waals surface area contributed by atoms with E-state index in [-0.39, 0.29) is 17.1 Å². The molecule has 0 saturated carbocycles. The van der Waals surface area contributed by atoms with Crippen molar-refractivity contribution in [2.24, 2.45) is 10.2 Å². The van der Waals surface area contributed by atoms with E-state index in [2.05, 4.69) is 15.5 Å². The van der Waals surface area contributed by atoms with E-state index in [0.29, 0.717) is 16.8 Å². The first-order valence-corrected chi connectivity index (χ1v) is 6.55. The van der Waals surface area contributed by atoms with Gasteiger partial charge < -0.3 is 10.4 Å². The van der Waals surface area contributed by atoms with Crippen LogP contribution in [0.2, 0.25) is 0 Å². The highest BCUT2D eigenvalue weighted by Crippen LogP contribution is 2.27. The van der Waals surface area contributed by atoms with Gasteiger partial charge in [0, 0.05) is 17.7 Å². The van der Waals surface area contributed by atoms with Crippen molar-refractivity contribution in [3.05, 3.63) is 63.7 Å². The third-order valence-electron chi connectivity index (χ3n) is 3.19. The normalized spacial score (nSPS) is 15.0. The fourth-order valence-corrected chi connectivity index (χ4v) is 2.07. The second-order valence-corrected chi connectivity index (χ2v) is 4.73. The maximum absolute atomic E-state index is 11.9. The van der Waals surface area contributed by atoms with Gasteiger partial charge in [0.25, 0.3) is 11.6 Å². The van der Waals surface area contributed by atoms with Crippen LogP contribution in [0.5, 0.6) is 5.75 Å². The lowest BCUT2D eigenvalue weighted by molar-refractivity contribution is -0.384. The van der Waals surface area contributed by atoms with Gasteiger partial charge >= 0.3 is 0 Å². The molecule has 0 radical (unpaired) electrons. The summed E-state index contributed by atoms with van der Waals surface area (Å²) < 4.78 is 0. The van der Waals surface area contributed by atoms with E-state index in [0.717, 1.165) is 0 Å². The SMILES string of the molecule is O=C1Nc2ccc([N+](=O)[O-])cc2C1=NN=Cc1ccc(O)cc1. The monoisotopic (exact) mass is 310 g/mol. The largest absolute Gasteiger partial charge is 0.508 e. The number of amides is 1. The van der Waals surface area contributed by atoms with Gasteiger partial charge in [-0.2, -0.15) is 5.10 Å². The zero-order chi connectivity index (χ0) is 16.4. The van der Waals surface area contributed by atoms with Gasteiger partial charge in [0.15, 0.2) is 5.71 Å².